The number of carbonyl (C=O) groups is 2. The van der Waals surface area contributed by atoms with Crippen molar-refractivity contribution in [3.8, 4) is 0 Å². The summed E-state index contributed by atoms with van der Waals surface area (Å²) in [5.74, 6) is -0.904. The van der Waals surface area contributed by atoms with Crippen LogP contribution in [0.2, 0.25) is 0 Å². The lowest BCUT2D eigenvalue weighted by Gasteiger charge is -2.26. The first-order valence-corrected chi connectivity index (χ1v) is 8.65. The first kappa shape index (κ1) is 19.7. The number of benzene rings is 1. The molecule has 140 valence electrons. The largest absolute Gasteiger partial charge is 0.451 e. The molecule has 0 aliphatic rings. The van der Waals surface area contributed by atoms with Gasteiger partial charge in [-0.15, -0.1) is 0 Å². The number of ether oxygens (including phenoxy) is 1. The van der Waals surface area contributed by atoms with Crippen LogP contribution in [0.15, 0.2) is 30.3 Å². The van der Waals surface area contributed by atoms with Crippen molar-refractivity contribution in [3.05, 3.63) is 52.8 Å². The Kier molecular flexibility index (Phi) is 6.21. The van der Waals surface area contributed by atoms with Gasteiger partial charge in [-0.05, 0) is 52.3 Å². The number of hydrogen-bond acceptors (Lipinski definition) is 4. The Hall–Kier alpha value is -2.60. The number of aliphatic hydroxyl groups is 1. The molecule has 1 amide bonds. The van der Waals surface area contributed by atoms with Crippen LogP contribution in [0.25, 0.3) is 0 Å². The number of rotatable bonds is 6. The van der Waals surface area contributed by atoms with Gasteiger partial charge in [-0.3, -0.25) is 4.79 Å². The number of amides is 1. The number of nitrogens with zero attached hydrogens (tertiary/aromatic N) is 1. The van der Waals surface area contributed by atoms with Gasteiger partial charge in [0, 0.05) is 23.0 Å². The molecule has 0 fully saturated rings. The lowest BCUT2D eigenvalue weighted by Crippen LogP contribution is -2.40. The smallest absolute Gasteiger partial charge is 0.355 e. The van der Waals surface area contributed by atoms with Crippen LogP contribution in [0.4, 0.5) is 5.69 Å². The summed E-state index contributed by atoms with van der Waals surface area (Å²) in [5, 5.41) is 9.83. The standard InChI is InChI=1S/C20H26N2O4/c1-12(2)22(16-9-7-6-8-10-16)17(24)11-26-20(25)19-13(3)18(15(5)23)14(4)21-19/h6-10,12,15,21,23H,11H2,1-5H3/t15-/m1/s1. The maximum atomic E-state index is 12.6. The first-order chi connectivity index (χ1) is 12.2. The summed E-state index contributed by atoms with van der Waals surface area (Å²) in [4.78, 5) is 29.5. The number of aromatic amines is 1. The van der Waals surface area contributed by atoms with E-state index < -0.39 is 12.1 Å². The van der Waals surface area contributed by atoms with Gasteiger partial charge in [-0.2, -0.15) is 0 Å². The van der Waals surface area contributed by atoms with Crippen LogP contribution in [0.5, 0.6) is 0 Å². The van der Waals surface area contributed by atoms with Crippen molar-refractivity contribution >= 4 is 17.6 Å². The van der Waals surface area contributed by atoms with Crippen LogP contribution in [0.3, 0.4) is 0 Å². The van der Waals surface area contributed by atoms with Crippen LogP contribution in [0.1, 0.15) is 54.2 Å². The molecule has 1 aromatic heterocycles. The second-order valence-electron chi connectivity index (χ2n) is 6.61. The molecule has 2 N–H and O–H groups in total. The van der Waals surface area contributed by atoms with Crippen molar-refractivity contribution in [2.75, 3.05) is 11.5 Å². The molecule has 0 saturated heterocycles. The molecule has 26 heavy (non-hydrogen) atoms. The highest BCUT2D eigenvalue weighted by Gasteiger charge is 2.24. The molecule has 1 atom stereocenters. The summed E-state index contributed by atoms with van der Waals surface area (Å²) < 4.78 is 5.23. The van der Waals surface area contributed by atoms with Gasteiger partial charge in [0.1, 0.15) is 5.69 Å². The van der Waals surface area contributed by atoms with E-state index in [1.165, 1.54) is 0 Å². The van der Waals surface area contributed by atoms with Gasteiger partial charge in [-0.25, -0.2) is 4.79 Å². The maximum Gasteiger partial charge on any atom is 0.355 e. The van der Waals surface area contributed by atoms with Crippen molar-refractivity contribution in [1.82, 2.24) is 4.98 Å². The molecule has 0 spiro atoms. The number of anilines is 1. The summed E-state index contributed by atoms with van der Waals surface area (Å²) in [6.45, 7) is 8.62. The van der Waals surface area contributed by atoms with Crippen molar-refractivity contribution in [3.63, 3.8) is 0 Å². The topological polar surface area (TPSA) is 82.6 Å². The number of esters is 1. The number of aliphatic hydroxyl groups excluding tert-OH is 1. The van der Waals surface area contributed by atoms with Gasteiger partial charge >= 0.3 is 5.97 Å². The summed E-state index contributed by atoms with van der Waals surface area (Å²) >= 11 is 0. The van der Waals surface area contributed by atoms with Gasteiger partial charge in [0.05, 0.1) is 6.10 Å². The molecule has 0 saturated carbocycles. The average Bonchev–Trinajstić information content (AvgIpc) is 2.88. The molecule has 2 rings (SSSR count). The zero-order valence-corrected chi connectivity index (χ0v) is 15.9. The number of aryl methyl sites for hydroxylation is 1. The van der Waals surface area contributed by atoms with Crippen molar-refractivity contribution in [2.24, 2.45) is 0 Å². The van der Waals surface area contributed by atoms with E-state index in [-0.39, 0.29) is 24.2 Å². The van der Waals surface area contributed by atoms with E-state index in [0.29, 0.717) is 16.8 Å². The molecule has 0 aliphatic carbocycles. The van der Waals surface area contributed by atoms with Gasteiger partial charge in [0.25, 0.3) is 5.91 Å². The van der Waals surface area contributed by atoms with E-state index in [1.807, 2.05) is 44.2 Å². The molecule has 6 heteroatoms. The molecule has 0 aliphatic heterocycles. The second-order valence-corrected chi connectivity index (χ2v) is 6.61. The van der Waals surface area contributed by atoms with E-state index >= 15 is 0 Å². The highest BCUT2D eigenvalue weighted by atomic mass is 16.5. The third-order valence-electron chi connectivity index (χ3n) is 4.26. The molecule has 1 heterocycles. The normalized spacial score (nSPS) is 12.1. The zero-order valence-electron chi connectivity index (χ0n) is 15.9. The fraction of sp³-hybridized carbons (Fsp3) is 0.400. The average molecular weight is 358 g/mol. The molecular formula is C20H26N2O4. The molecule has 6 nitrogen and oxygen atoms in total. The minimum absolute atomic E-state index is 0.0695. The lowest BCUT2D eigenvalue weighted by atomic mass is 10.1. The molecule has 0 bridgehead atoms. The summed E-state index contributed by atoms with van der Waals surface area (Å²) in [6.07, 6.45) is -0.691. The van der Waals surface area contributed by atoms with Gasteiger partial charge in [0.15, 0.2) is 6.61 Å². The van der Waals surface area contributed by atoms with Gasteiger partial charge < -0.3 is 19.7 Å². The predicted octanol–water partition coefficient (Wildman–Crippen LogP) is 3.28. The van der Waals surface area contributed by atoms with Crippen LogP contribution < -0.4 is 4.90 Å². The second kappa shape index (κ2) is 8.19. The Bertz CT molecular complexity index is 779. The first-order valence-electron chi connectivity index (χ1n) is 8.65. The Morgan fingerprint density at radius 2 is 1.77 bits per heavy atom. The highest BCUT2D eigenvalue weighted by Crippen LogP contribution is 2.25. The summed E-state index contributed by atoms with van der Waals surface area (Å²) in [7, 11) is 0. The third kappa shape index (κ3) is 4.14. The van der Waals surface area contributed by atoms with E-state index in [0.717, 1.165) is 5.69 Å². The van der Waals surface area contributed by atoms with Gasteiger partial charge in [0.2, 0.25) is 0 Å². The van der Waals surface area contributed by atoms with Crippen molar-refractivity contribution < 1.29 is 19.4 Å². The SMILES string of the molecule is Cc1[nH]c(C(=O)OCC(=O)N(c2ccccc2)C(C)C)c(C)c1[C@@H](C)O. The van der Waals surface area contributed by atoms with Crippen molar-refractivity contribution in [2.45, 2.75) is 46.8 Å². The molecule has 1 aromatic carbocycles. The van der Waals surface area contributed by atoms with E-state index in [4.69, 9.17) is 4.74 Å². The minimum atomic E-state index is -0.691. The van der Waals surface area contributed by atoms with E-state index in [2.05, 4.69) is 4.98 Å². The predicted molar refractivity (Wildman–Crippen MR) is 100 cm³/mol. The Balaban J connectivity index is 2.11. The summed E-state index contributed by atoms with van der Waals surface area (Å²) in [5.41, 5.74) is 3.05. The summed E-state index contributed by atoms with van der Waals surface area (Å²) in [6, 6.07) is 9.20. The van der Waals surface area contributed by atoms with E-state index in [9.17, 15) is 14.7 Å². The molecule has 2 aromatic rings. The Morgan fingerprint density at radius 3 is 2.27 bits per heavy atom. The third-order valence-corrected chi connectivity index (χ3v) is 4.26. The number of carbonyl (C=O) groups excluding carboxylic acids is 2. The van der Waals surface area contributed by atoms with Crippen LogP contribution in [-0.2, 0) is 9.53 Å². The Labute approximate surface area is 153 Å². The zero-order chi connectivity index (χ0) is 19.4. The van der Waals surface area contributed by atoms with Crippen LogP contribution in [-0.4, -0.2) is 34.6 Å². The van der Waals surface area contributed by atoms with E-state index in [1.54, 1.807) is 25.7 Å². The number of hydrogen-bond donors (Lipinski definition) is 2. The molecular weight excluding hydrogens is 332 g/mol. The Morgan fingerprint density at radius 1 is 1.15 bits per heavy atom. The quantitative estimate of drug-likeness (QED) is 0.776. The molecule has 0 unspecified atom stereocenters. The fourth-order valence-corrected chi connectivity index (χ4v) is 3.18. The van der Waals surface area contributed by atoms with Gasteiger partial charge in [-0.1, -0.05) is 18.2 Å². The lowest BCUT2D eigenvalue weighted by molar-refractivity contribution is -0.122. The molecule has 0 radical (unpaired) electrons. The minimum Gasteiger partial charge on any atom is -0.451 e. The number of H-pyrrole nitrogens is 1. The number of para-hydroxylation sites is 1. The number of nitrogens with one attached hydrogen (secondary N) is 1. The van der Waals surface area contributed by atoms with Crippen molar-refractivity contribution in [1.29, 1.82) is 0 Å². The van der Waals surface area contributed by atoms with Crippen LogP contribution in [0, 0.1) is 13.8 Å². The highest BCUT2D eigenvalue weighted by molar-refractivity contribution is 5.97. The van der Waals surface area contributed by atoms with Crippen LogP contribution >= 0.6 is 0 Å². The number of aromatic nitrogens is 1. The fourth-order valence-electron chi connectivity index (χ4n) is 3.18. The monoisotopic (exact) mass is 358 g/mol. The maximum absolute atomic E-state index is 12.6.